The number of benzene rings is 2. The quantitative estimate of drug-likeness (QED) is 0.561. The number of rotatable bonds is 4. The van der Waals surface area contributed by atoms with Crippen molar-refractivity contribution in [3.8, 4) is 0 Å². The number of thiophene rings is 1. The van der Waals surface area contributed by atoms with E-state index in [0.29, 0.717) is 5.92 Å². The minimum absolute atomic E-state index is 0.237. The molecule has 21 heavy (non-hydrogen) atoms. The minimum atomic E-state index is 0.237. The summed E-state index contributed by atoms with van der Waals surface area (Å²) in [7, 11) is 0. The monoisotopic (exact) mass is 294 g/mol. The second-order valence-corrected chi connectivity index (χ2v) is 6.86. The summed E-state index contributed by atoms with van der Waals surface area (Å²) >= 11 is 1.85. The molecule has 0 saturated carbocycles. The van der Waals surface area contributed by atoms with E-state index in [4.69, 9.17) is 5.84 Å². The van der Waals surface area contributed by atoms with E-state index in [1.165, 1.54) is 32.5 Å². The third-order valence-electron chi connectivity index (χ3n) is 4.47. The van der Waals surface area contributed by atoms with Crippen LogP contribution in [0.15, 0.2) is 54.6 Å². The number of hydrazine groups is 1. The van der Waals surface area contributed by atoms with Crippen LogP contribution < -0.4 is 11.3 Å². The average molecular weight is 294 g/mol. The zero-order chi connectivity index (χ0) is 14.2. The summed E-state index contributed by atoms with van der Waals surface area (Å²) in [6, 6.07) is 19.8. The van der Waals surface area contributed by atoms with Crippen molar-refractivity contribution in [2.75, 3.05) is 0 Å². The Bertz CT molecular complexity index is 744. The number of nitrogens with one attached hydrogen (secondary N) is 1. The predicted octanol–water partition coefficient (Wildman–Crippen LogP) is 4.14. The lowest BCUT2D eigenvalue weighted by Gasteiger charge is -2.32. The molecule has 3 aromatic rings. The first kappa shape index (κ1) is 13.0. The third-order valence-corrected chi connectivity index (χ3v) is 5.70. The molecule has 0 aliphatic heterocycles. The Kier molecular flexibility index (Phi) is 3.26. The summed E-state index contributed by atoms with van der Waals surface area (Å²) in [5.74, 6) is 6.46. The third kappa shape index (κ3) is 2.27. The van der Waals surface area contributed by atoms with E-state index in [2.05, 4.69) is 60.0 Å². The molecular weight excluding hydrogens is 276 g/mol. The summed E-state index contributed by atoms with van der Waals surface area (Å²) < 4.78 is 1.33. The van der Waals surface area contributed by atoms with Gasteiger partial charge in [-0.2, -0.15) is 0 Å². The van der Waals surface area contributed by atoms with Gasteiger partial charge in [-0.25, -0.2) is 0 Å². The molecule has 2 unspecified atom stereocenters. The fraction of sp³-hybridized carbons (Fsp3) is 0.222. The summed E-state index contributed by atoms with van der Waals surface area (Å²) in [5.41, 5.74) is 6.01. The van der Waals surface area contributed by atoms with Gasteiger partial charge in [0.1, 0.15) is 0 Å². The largest absolute Gasteiger partial charge is 0.271 e. The number of hydrogen-bond acceptors (Lipinski definition) is 3. The summed E-state index contributed by atoms with van der Waals surface area (Å²) in [4.78, 5) is 1.34. The van der Waals surface area contributed by atoms with Crippen molar-refractivity contribution >= 4 is 21.4 Å². The van der Waals surface area contributed by atoms with Crippen molar-refractivity contribution < 1.29 is 0 Å². The molecule has 1 heterocycles. The van der Waals surface area contributed by atoms with Gasteiger partial charge < -0.3 is 0 Å². The second-order valence-electron chi connectivity index (χ2n) is 5.74. The molecule has 3 heteroatoms. The van der Waals surface area contributed by atoms with Crippen LogP contribution in [0.4, 0.5) is 0 Å². The van der Waals surface area contributed by atoms with Crippen LogP contribution in [0.2, 0.25) is 0 Å². The molecule has 0 radical (unpaired) electrons. The van der Waals surface area contributed by atoms with Gasteiger partial charge in [-0.1, -0.05) is 42.5 Å². The van der Waals surface area contributed by atoms with Crippen LogP contribution in [0.5, 0.6) is 0 Å². The van der Waals surface area contributed by atoms with E-state index in [9.17, 15) is 0 Å². The Morgan fingerprint density at radius 2 is 1.95 bits per heavy atom. The zero-order valence-corrected chi connectivity index (χ0v) is 12.6. The molecule has 2 nitrogen and oxygen atoms in total. The van der Waals surface area contributed by atoms with Crippen LogP contribution in [-0.2, 0) is 6.42 Å². The van der Waals surface area contributed by atoms with Crippen LogP contribution >= 0.6 is 11.3 Å². The number of fused-ring (bicyclic) bond motifs is 2. The molecule has 2 atom stereocenters. The minimum Gasteiger partial charge on any atom is -0.271 e. The van der Waals surface area contributed by atoms with Crippen molar-refractivity contribution in [3.63, 3.8) is 0 Å². The Morgan fingerprint density at radius 3 is 2.76 bits per heavy atom. The molecular formula is C18H18N2S. The van der Waals surface area contributed by atoms with Crippen LogP contribution in [0, 0.1) is 0 Å². The van der Waals surface area contributed by atoms with Crippen LogP contribution in [-0.4, -0.2) is 0 Å². The van der Waals surface area contributed by atoms with Crippen molar-refractivity contribution in [2.24, 2.45) is 5.84 Å². The average Bonchev–Trinajstić information content (AvgIpc) is 2.92. The zero-order valence-electron chi connectivity index (χ0n) is 11.8. The van der Waals surface area contributed by atoms with Crippen molar-refractivity contribution in [2.45, 2.75) is 24.8 Å². The van der Waals surface area contributed by atoms with E-state index in [0.717, 1.165) is 6.42 Å². The van der Waals surface area contributed by atoms with E-state index in [-0.39, 0.29) is 6.04 Å². The molecule has 2 aromatic carbocycles. The molecule has 4 rings (SSSR count). The van der Waals surface area contributed by atoms with Crippen molar-refractivity contribution in [3.05, 3.63) is 70.6 Å². The Labute approximate surface area is 128 Å². The van der Waals surface area contributed by atoms with E-state index in [1.54, 1.807) is 0 Å². The lowest BCUT2D eigenvalue weighted by atomic mass is 9.74. The molecule has 1 aliphatic carbocycles. The highest BCUT2D eigenvalue weighted by Crippen LogP contribution is 2.42. The maximum atomic E-state index is 5.83. The molecule has 1 aliphatic rings. The van der Waals surface area contributed by atoms with E-state index >= 15 is 0 Å². The highest BCUT2D eigenvalue weighted by Gasteiger charge is 2.28. The summed E-state index contributed by atoms with van der Waals surface area (Å²) in [6.07, 6.45) is 2.25. The molecule has 0 bridgehead atoms. The normalized spacial score (nSPS) is 18.2. The van der Waals surface area contributed by atoms with E-state index < -0.39 is 0 Å². The molecule has 106 valence electrons. The van der Waals surface area contributed by atoms with Gasteiger partial charge in [0.25, 0.3) is 0 Å². The highest BCUT2D eigenvalue weighted by molar-refractivity contribution is 7.19. The van der Waals surface area contributed by atoms with Gasteiger partial charge in [-0.15, -0.1) is 11.3 Å². The first-order valence-electron chi connectivity index (χ1n) is 7.37. The summed E-state index contributed by atoms with van der Waals surface area (Å²) in [6.45, 7) is 0. The van der Waals surface area contributed by atoms with Gasteiger partial charge >= 0.3 is 0 Å². The molecule has 1 aromatic heterocycles. The molecule has 0 saturated heterocycles. The lowest BCUT2D eigenvalue weighted by Crippen LogP contribution is -2.31. The highest BCUT2D eigenvalue weighted by atomic mass is 32.1. The standard InChI is InChI=1S/C18H18N2S/c19-20-16(10-14-9-12-5-1-3-7-15(12)14)18-11-13-6-2-4-8-17(13)21-18/h1-8,11,14,16,20H,9-10,19H2. The molecule has 3 N–H and O–H groups in total. The first-order chi connectivity index (χ1) is 10.3. The first-order valence-corrected chi connectivity index (χ1v) is 8.19. The molecule has 0 spiro atoms. The number of hydrogen-bond donors (Lipinski definition) is 2. The maximum Gasteiger partial charge on any atom is 0.0559 e. The Hall–Kier alpha value is -1.68. The predicted molar refractivity (Wildman–Crippen MR) is 89.4 cm³/mol. The summed E-state index contributed by atoms with van der Waals surface area (Å²) in [5, 5.41) is 1.31. The van der Waals surface area contributed by atoms with E-state index in [1.807, 2.05) is 11.3 Å². The van der Waals surface area contributed by atoms with Gasteiger partial charge in [0.15, 0.2) is 0 Å². The van der Waals surface area contributed by atoms with Gasteiger partial charge in [-0.3, -0.25) is 11.3 Å². The Morgan fingerprint density at radius 1 is 1.14 bits per heavy atom. The van der Waals surface area contributed by atoms with Crippen LogP contribution in [0.1, 0.15) is 34.4 Å². The van der Waals surface area contributed by atoms with Gasteiger partial charge in [0.05, 0.1) is 6.04 Å². The fourth-order valence-corrected chi connectivity index (χ4v) is 4.44. The lowest BCUT2D eigenvalue weighted by molar-refractivity contribution is 0.440. The maximum absolute atomic E-state index is 5.83. The smallest absolute Gasteiger partial charge is 0.0559 e. The fourth-order valence-electron chi connectivity index (χ4n) is 3.30. The van der Waals surface area contributed by atoms with Crippen LogP contribution in [0.3, 0.4) is 0 Å². The van der Waals surface area contributed by atoms with Gasteiger partial charge in [0.2, 0.25) is 0 Å². The molecule has 0 fully saturated rings. The number of nitrogens with two attached hydrogens (primary N) is 1. The van der Waals surface area contributed by atoms with Gasteiger partial charge in [0, 0.05) is 9.58 Å². The second kappa shape index (κ2) is 5.26. The molecule has 0 amide bonds. The topological polar surface area (TPSA) is 38.0 Å². The van der Waals surface area contributed by atoms with Crippen molar-refractivity contribution in [1.82, 2.24) is 5.43 Å². The van der Waals surface area contributed by atoms with Gasteiger partial charge in [-0.05, 0) is 47.4 Å². The van der Waals surface area contributed by atoms with Crippen molar-refractivity contribution in [1.29, 1.82) is 0 Å². The Balaban J connectivity index is 1.58. The van der Waals surface area contributed by atoms with Crippen LogP contribution in [0.25, 0.3) is 10.1 Å². The SMILES string of the molecule is NNC(CC1Cc2ccccc21)c1cc2ccccc2s1.